The molecule has 1 saturated carbocycles. The Kier molecular flexibility index (Phi) is 4.41. The lowest BCUT2D eigenvalue weighted by Crippen LogP contribution is -2.32. The highest BCUT2D eigenvalue weighted by molar-refractivity contribution is 7.20. The molecule has 9 heteroatoms. The molecule has 1 fully saturated rings. The zero-order chi connectivity index (χ0) is 19.1. The van der Waals surface area contributed by atoms with Gasteiger partial charge in [0.05, 0.1) is 5.56 Å². The lowest BCUT2D eigenvalue weighted by Gasteiger charge is -2.30. The van der Waals surface area contributed by atoms with Gasteiger partial charge in [0.25, 0.3) is 5.56 Å². The van der Waals surface area contributed by atoms with Gasteiger partial charge in [0, 0.05) is 24.2 Å². The molecule has 1 aliphatic carbocycles. The van der Waals surface area contributed by atoms with E-state index in [0.717, 1.165) is 31.7 Å². The summed E-state index contributed by atoms with van der Waals surface area (Å²) in [7, 11) is 0. The van der Waals surface area contributed by atoms with Gasteiger partial charge in [0.1, 0.15) is 0 Å². The van der Waals surface area contributed by atoms with E-state index in [1.807, 2.05) is 0 Å². The highest BCUT2D eigenvalue weighted by Gasteiger charge is 2.38. The predicted octanol–water partition coefficient (Wildman–Crippen LogP) is 4.09. The Morgan fingerprint density at radius 1 is 1.22 bits per heavy atom. The number of alkyl halides is 3. The number of benzene rings is 1. The highest BCUT2D eigenvalue weighted by Crippen LogP contribution is 2.43. The first-order valence-corrected chi connectivity index (χ1v) is 9.46. The first-order chi connectivity index (χ1) is 12.9. The summed E-state index contributed by atoms with van der Waals surface area (Å²) in [5, 5.41) is 7.98. The number of anilines is 1. The Morgan fingerprint density at radius 3 is 2.70 bits per heavy atom. The Labute approximate surface area is 156 Å². The molecule has 0 radical (unpaired) electrons. The van der Waals surface area contributed by atoms with Crippen LogP contribution in [-0.4, -0.2) is 21.1 Å². The molecule has 0 saturated heterocycles. The predicted molar refractivity (Wildman–Crippen MR) is 97.2 cm³/mol. The Morgan fingerprint density at radius 2 is 2.00 bits per heavy atom. The van der Waals surface area contributed by atoms with Crippen LogP contribution in [0.25, 0.3) is 4.96 Å². The normalized spacial score (nSPS) is 16.7. The molecule has 0 amide bonds. The number of fused-ring (bicyclic) bond motifs is 1. The van der Waals surface area contributed by atoms with E-state index in [-0.39, 0.29) is 11.0 Å². The molecule has 3 aromatic rings. The Bertz CT molecular complexity index is 1020. The summed E-state index contributed by atoms with van der Waals surface area (Å²) in [6.45, 7) is 0.461. The van der Waals surface area contributed by atoms with Crippen LogP contribution in [0.15, 0.2) is 41.3 Å². The highest BCUT2D eigenvalue weighted by atomic mass is 32.1. The molecule has 27 heavy (non-hydrogen) atoms. The van der Waals surface area contributed by atoms with Crippen molar-refractivity contribution in [3.05, 3.63) is 58.0 Å². The van der Waals surface area contributed by atoms with Gasteiger partial charge in [0.2, 0.25) is 10.1 Å². The summed E-state index contributed by atoms with van der Waals surface area (Å²) in [6, 6.07) is 6.94. The molecule has 0 bridgehead atoms. The minimum atomic E-state index is -4.36. The molecule has 1 aliphatic rings. The van der Waals surface area contributed by atoms with Crippen LogP contribution in [0.4, 0.5) is 18.3 Å². The van der Waals surface area contributed by atoms with Gasteiger partial charge in [-0.2, -0.15) is 17.7 Å². The van der Waals surface area contributed by atoms with Gasteiger partial charge < -0.3 is 5.32 Å². The topological polar surface area (TPSA) is 59.3 Å². The molecule has 0 aliphatic heterocycles. The quantitative estimate of drug-likeness (QED) is 0.724. The summed E-state index contributed by atoms with van der Waals surface area (Å²) in [5.74, 6) is 0. The number of nitrogens with one attached hydrogen (secondary N) is 1. The molecule has 4 rings (SSSR count). The van der Waals surface area contributed by atoms with Gasteiger partial charge >= 0.3 is 6.18 Å². The smallest absolute Gasteiger partial charge is 0.359 e. The first-order valence-electron chi connectivity index (χ1n) is 8.64. The molecular formula is C18H17F3N4OS. The van der Waals surface area contributed by atoms with Gasteiger partial charge in [-0.3, -0.25) is 4.79 Å². The Hall–Kier alpha value is -2.42. The van der Waals surface area contributed by atoms with Gasteiger partial charge in [0.15, 0.2) is 0 Å². The van der Waals surface area contributed by atoms with Crippen molar-refractivity contribution in [1.29, 1.82) is 0 Å². The second kappa shape index (κ2) is 6.63. The molecule has 1 N–H and O–H groups in total. The molecule has 0 spiro atoms. The average molecular weight is 394 g/mol. The maximum Gasteiger partial charge on any atom is 0.416 e. The third kappa shape index (κ3) is 3.43. The molecule has 0 unspecified atom stereocenters. The van der Waals surface area contributed by atoms with E-state index < -0.39 is 11.7 Å². The minimum absolute atomic E-state index is 0.266. The molecule has 142 valence electrons. The van der Waals surface area contributed by atoms with E-state index in [1.54, 1.807) is 6.07 Å². The van der Waals surface area contributed by atoms with Gasteiger partial charge in [-0.15, -0.1) is 5.10 Å². The summed E-state index contributed by atoms with van der Waals surface area (Å²) < 4.78 is 40.6. The van der Waals surface area contributed by atoms with E-state index >= 15 is 0 Å². The number of halogens is 3. The third-order valence-electron chi connectivity index (χ3n) is 5.11. The second-order valence-corrected chi connectivity index (χ2v) is 7.76. The van der Waals surface area contributed by atoms with E-state index in [0.29, 0.717) is 22.2 Å². The molecule has 0 atom stereocenters. The molecule has 1 aromatic carbocycles. The van der Waals surface area contributed by atoms with Crippen LogP contribution in [0, 0.1) is 0 Å². The summed E-state index contributed by atoms with van der Waals surface area (Å²) >= 11 is 1.25. The number of nitrogens with zero attached hydrogens (tertiary/aromatic N) is 3. The first kappa shape index (κ1) is 18.0. The fraction of sp³-hybridized carbons (Fsp3) is 0.389. The van der Waals surface area contributed by atoms with E-state index in [1.165, 1.54) is 40.2 Å². The number of hydrogen-bond donors (Lipinski definition) is 1. The Balaban J connectivity index is 1.62. The van der Waals surface area contributed by atoms with Crippen LogP contribution in [-0.2, 0) is 11.6 Å². The van der Waals surface area contributed by atoms with Crippen LogP contribution < -0.4 is 10.9 Å². The van der Waals surface area contributed by atoms with Gasteiger partial charge in [-0.1, -0.05) is 42.4 Å². The molecule has 2 aromatic heterocycles. The van der Waals surface area contributed by atoms with Crippen LogP contribution >= 0.6 is 11.3 Å². The minimum Gasteiger partial charge on any atom is -0.359 e. The number of aromatic nitrogens is 3. The van der Waals surface area contributed by atoms with Crippen molar-refractivity contribution >= 4 is 21.4 Å². The third-order valence-corrected chi connectivity index (χ3v) is 5.99. The molecular weight excluding hydrogens is 377 g/mol. The van der Waals surface area contributed by atoms with Gasteiger partial charge in [-0.25, -0.2) is 4.98 Å². The van der Waals surface area contributed by atoms with Crippen molar-refractivity contribution in [2.24, 2.45) is 0 Å². The maximum atomic E-state index is 13.1. The van der Waals surface area contributed by atoms with Crippen LogP contribution in [0.1, 0.15) is 36.8 Å². The van der Waals surface area contributed by atoms with E-state index in [9.17, 15) is 18.0 Å². The fourth-order valence-corrected chi connectivity index (χ4v) is 4.48. The van der Waals surface area contributed by atoms with Crippen molar-refractivity contribution in [3.63, 3.8) is 0 Å². The average Bonchev–Trinajstić information content (AvgIpc) is 3.28. The monoisotopic (exact) mass is 394 g/mol. The van der Waals surface area contributed by atoms with Crippen LogP contribution in [0.5, 0.6) is 0 Å². The molecule has 5 nitrogen and oxygen atoms in total. The van der Waals surface area contributed by atoms with Crippen molar-refractivity contribution in [1.82, 2.24) is 14.6 Å². The maximum absolute atomic E-state index is 13.1. The standard InChI is InChI=1S/C18H17F3N4OS/c19-18(20,21)13-5-3-4-12(10-13)17(7-1-2-8-17)11-23-15-24-25-14(26)6-9-22-16(25)27-15/h3-6,9-10H,1-2,7-8,11H2,(H,23,24). The van der Waals surface area contributed by atoms with Crippen molar-refractivity contribution in [2.75, 3.05) is 11.9 Å². The number of hydrogen-bond acceptors (Lipinski definition) is 5. The summed E-state index contributed by atoms with van der Waals surface area (Å²) in [5.41, 5.74) is -0.573. The van der Waals surface area contributed by atoms with Gasteiger partial charge in [-0.05, 0) is 24.5 Å². The zero-order valence-electron chi connectivity index (χ0n) is 14.3. The summed E-state index contributed by atoms with van der Waals surface area (Å²) in [6.07, 6.45) is 0.635. The second-order valence-electron chi connectivity index (χ2n) is 6.80. The lowest BCUT2D eigenvalue weighted by atomic mass is 9.78. The van der Waals surface area contributed by atoms with Crippen molar-refractivity contribution in [3.8, 4) is 0 Å². The zero-order valence-corrected chi connectivity index (χ0v) is 15.1. The molecule has 2 heterocycles. The van der Waals surface area contributed by atoms with Crippen molar-refractivity contribution < 1.29 is 13.2 Å². The fourth-order valence-electron chi connectivity index (χ4n) is 3.70. The lowest BCUT2D eigenvalue weighted by molar-refractivity contribution is -0.137. The van der Waals surface area contributed by atoms with Crippen molar-refractivity contribution in [2.45, 2.75) is 37.3 Å². The SMILES string of the molecule is O=c1ccnc2sc(NCC3(c4cccc(C(F)(F)F)c4)CCCC3)nn12. The largest absolute Gasteiger partial charge is 0.416 e. The number of rotatable bonds is 4. The van der Waals surface area contributed by atoms with E-state index in [4.69, 9.17) is 0 Å². The van der Waals surface area contributed by atoms with Crippen LogP contribution in [0.2, 0.25) is 0 Å². The van der Waals surface area contributed by atoms with E-state index in [2.05, 4.69) is 15.4 Å². The summed E-state index contributed by atoms with van der Waals surface area (Å²) in [4.78, 5) is 16.4. The van der Waals surface area contributed by atoms with Crippen LogP contribution in [0.3, 0.4) is 0 Å².